The van der Waals surface area contributed by atoms with Crippen LogP contribution in [0, 0.1) is 0 Å². The van der Waals surface area contributed by atoms with Gasteiger partial charge >= 0.3 is 12.1 Å². The van der Waals surface area contributed by atoms with Crippen molar-refractivity contribution >= 4 is 12.1 Å². The number of nitrogens with one attached hydrogen (secondary N) is 1. The number of ether oxygens (including phenoxy) is 7. The molecule has 24 heteroatoms. The maximum Gasteiger partial charge on any atom is 0.407 e. The number of amides is 1. The second-order valence-electron chi connectivity index (χ2n) is 15.5. The van der Waals surface area contributed by atoms with Gasteiger partial charge in [0.05, 0.1) is 57.0 Å². The summed E-state index contributed by atoms with van der Waals surface area (Å²) in [6, 6.07) is 17.2. The second-order valence-corrected chi connectivity index (χ2v) is 15.5. The summed E-state index contributed by atoms with van der Waals surface area (Å²) in [5.41, 5.74) is 7.51. The Morgan fingerprint density at radius 2 is 1.52 bits per heavy atom. The van der Waals surface area contributed by atoms with Crippen molar-refractivity contribution in [3.05, 3.63) is 83.7 Å². The molecule has 64 heavy (non-hydrogen) atoms. The van der Waals surface area contributed by atoms with Crippen molar-refractivity contribution in [2.45, 2.75) is 117 Å². The van der Waals surface area contributed by atoms with Gasteiger partial charge in [0.1, 0.15) is 67.2 Å². The van der Waals surface area contributed by atoms with Crippen molar-refractivity contribution in [1.29, 1.82) is 0 Å². The molecule has 3 fully saturated rings. The lowest BCUT2D eigenvalue weighted by Gasteiger charge is -2.47. The second kappa shape index (κ2) is 22.2. The van der Waals surface area contributed by atoms with Gasteiger partial charge in [-0.3, -0.25) is 0 Å². The SMILES string of the molecule is NCCOC1OC(CO)C(OC2OC(CO[C@]3(C(=O)O)C[C@@H](O)C(NC(=O)OCc4cn(C(c5ccccc5)c5ccccc5)nn4)C(C[C@H](O)CO)O3)C(O)C(O)C2O)C(O)C1O. The Labute approximate surface area is 365 Å². The third kappa shape index (κ3) is 11.4. The molecule has 0 radical (unpaired) electrons. The van der Waals surface area contributed by atoms with E-state index in [4.69, 9.17) is 38.9 Å². The van der Waals surface area contributed by atoms with Crippen LogP contribution >= 0.6 is 0 Å². The summed E-state index contributed by atoms with van der Waals surface area (Å²) >= 11 is 0. The van der Waals surface area contributed by atoms with Gasteiger partial charge in [-0.05, 0) is 11.1 Å². The summed E-state index contributed by atoms with van der Waals surface area (Å²) in [7, 11) is 0. The smallest absolute Gasteiger partial charge is 0.407 e. The van der Waals surface area contributed by atoms with Crippen LogP contribution in [-0.2, 0) is 44.6 Å². The highest BCUT2D eigenvalue weighted by Crippen LogP contribution is 2.36. The lowest BCUT2D eigenvalue weighted by Crippen LogP contribution is -2.66. The van der Waals surface area contributed by atoms with Gasteiger partial charge in [-0.15, -0.1) is 5.10 Å². The highest BCUT2D eigenvalue weighted by molar-refractivity contribution is 5.76. The molecule has 3 aliphatic rings. The number of hydrogen-bond acceptors (Lipinski definition) is 21. The van der Waals surface area contributed by atoms with E-state index in [2.05, 4.69) is 15.6 Å². The molecule has 13 N–H and O–H groups in total. The zero-order valence-electron chi connectivity index (χ0n) is 34.2. The van der Waals surface area contributed by atoms with Crippen LogP contribution in [0.25, 0.3) is 0 Å². The molecule has 3 aliphatic heterocycles. The minimum Gasteiger partial charge on any atom is -0.477 e. The average molecular weight is 910 g/mol. The van der Waals surface area contributed by atoms with Gasteiger partial charge in [0.15, 0.2) is 12.6 Å². The van der Waals surface area contributed by atoms with E-state index in [-0.39, 0.29) is 31.5 Å². The van der Waals surface area contributed by atoms with Crippen LogP contribution in [0.4, 0.5) is 4.79 Å². The van der Waals surface area contributed by atoms with Gasteiger partial charge in [0.2, 0.25) is 0 Å². The maximum atomic E-state index is 13.2. The van der Waals surface area contributed by atoms with Crippen molar-refractivity contribution in [3.63, 3.8) is 0 Å². The minimum atomic E-state index is -2.77. The van der Waals surface area contributed by atoms with Gasteiger partial charge in [-0.1, -0.05) is 65.9 Å². The van der Waals surface area contributed by atoms with E-state index in [1.165, 1.54) is 0 Å². The number of aliphatic hydroxyl groups is 9. The monoisotopic (exact) mass is 909 g/mol. The van der Waals surface area contributed by atoms with Gasteiger partial charge in [-0.2, -0.15) is 0 Å². The normalized spacial score (nSPS) is 33.7. The van der Waals surface area contributed by atoms with Gasteiger partial charge in [0, 0.05) is 19.4 Å². The number of hydrogen-bond donors (Lipinski definition) is 12. The molecule has 1 aromatic heterocycles. The molecule has 12 unspecified atom stereocenters. The predicted molar refractivity (Wildman–Crippen MR) is 211 cm³/mol. The molecule has 354 valence electrons. The van der Waals surface area contributed by atoms with E-state index in [0.717, 1.165) is 11.1 Å². The van der Waals surface area contributed by atoms with E-state index in [9.17, 15) is 60.7 Å². The Hall–Kier alpha value is -4.32. The first-order valence-electron chi connectivity index (χ1n) is 20.4. The third-order valence-corrected chi connectivity index (χ3v) is 11.0. The summed E-state index contributed by atoms with van der Waals surface area (Å²) in [5.74, 6) is -4.58. The number of aliphatic hydroxyl groups excluding tert-OH is 9. The van der Waals surface area contributed by atoms with Gasteiger partial charge in [0.25, 0.3) is 5.79 Å². The lowest BCUT2D eigenvalue weighted by molar-refractivity contribution is -0.366. The molecule has 2 aromatic carbocycles. The molecule has 3 saturated heterocycles. The molecule has 0 saturated carbocycles. The van der Waals surface area contributed by atoms with Crippen LogP contribution in [0.3, 0.4) is 0 Å². The quantitative estimate of drug-likeness (QED) is 0.0543. The average Bonchev–Trinajstić information content (AvgIpc) is 3.76. The molecule has 6 rings (SSSR count). The Bertz CT molecular complexity index is 1880. The number of nitrogens with two attached hydrogens (primary N) is 1. The fourth-order valence-electron chi connectivity index (χ4n) is 7.71. The number of nitrogens with zero attached hydrogens (tertiary/aromatic N) is 3. The fraction of sp³-hybridized carbons (Fsp3) is 0.600. The number of benzene rings is 2. The van der Waals surface area contributed by atoms with Crippen molar-refractivity contribution in [2.24, 2.45) is 5.73 Å². The van der Waals surface area contributed by atoms with Crippen LogP contribution in [0.5, 0.6) is 0 Å². The van der Waals surface area contributed by atoms with E-state index in [0.29, 0.717) is 0 Å². The van der Waals surface area contributed by atoms with Gasteiger partial charge in [-0.25, -0.2) is 14.3 Å². The number of carbonyl (C=O) groups excluding carboxylic acids is 1. The largest absolute Gasteiger partial charge is 0.477 e. The van der Waals surface area contributed by atoms with Crippen LogP contribution in [0.1, 0.15) is 35.7 Å². The zero-order chi connectivity index (χ0) is 46.1. The molecule has 0 bridgehead atoms. The first kappa shape index (κ1) is 49.1. The standard InChI is InChI=1S/C40H55N5O19/c41-11-12-58-36-34(54)32(52)35(26(17-47)61-36)63-37-33(53)31(51)30(50)27(62-37)19-60-40(38(55)56)14-24(49)28(25(64-40)13-23(48)16-46)42-39(57)59-18-22-15-45(44-43-22)29(20-7-3-1-4-8-20)21-9-5-2-6-10-21/h1-10,15,23-37,46-54H,11-14,16-19,41H2,(H,42,57)(H,55,56)/t23-,24+,25?,26?,27?,28?,30?,31?,32?,33?,34?,35?,36?,37?,40+/m0/s1. The fourth-order valence-corrected chi connectivity index (χ4v) is 7.71. The lowest BCUT2D eigenvalue weighted by atomic mass is 9.90. The molecule has 1 amide bonds. The summed E-state index contributed by atoms with van der Waals surface area (Å²) in [6.45, 7) is -2.95. The molecular weight excluding hydrogens is 854 g/mol. The number of alkyl carbamates (subject to hydrolysis) is 1. The Morgan fingerprint density at radius 1 is 0.875 bits per heavy atom. The van der Waals surface area contributed by atoms with Crippen LogP contribution < -0.4 is 11.1 Å². The van der Waals surface area contributed by atoms with Crippen molar-refractivity contribution < 1.29 is 93.8 Å². The number of rotatable bonds is 19. The van der Waals surface area contributed by atoms with Crippen molar-refractivity contribution in [3.8, 4) is 0 Å². The molecule has 24 nitrogen and oxygen atoms in total. The van der Waals surface area contributed by atoms with Crippen LogP contribution in [0.15, 0.2) is 66.9 Å². The Kier molecular flexibility index (Phi) is 17.1. The number of carboxylic acids is 1. The first-order valence-corrected chi connectivity index (χ1v) is 20.4. The maximum absolute atomic E-state index is 13.2. The van der Waals surface area contributed by atoms with Gasteiger partial charge < -0.3 is 95.3 Å². The third-order valence-electron chi connectivity index (χ3n) is 11.0. The van der Waals surface area contributed by atoms with E-state index < -0.39 is 136 Å². The summed E-state index contributed by atoms with van der Waals surface area (Å²) in [5, 5.41) is 116. The summed E-state index contributed by atoms with van der Waals surface area (Å²) in [4.78, 5) is 26.0. The first-order chi connectivity index (χ1) is 30.7. The van der Waals surface area contributed by atoms with E-state index in [1.807, 2.05) is 60.7 Å². The number of aromatic nitrogens is 3. The van der Waals surface area contributed by atoms with E-state index >= 15 is 0 Å². The highest BCUT2D eigenvalue weighted by Gasteiger charge is 2.56. The molecule has 15 atom stereocenters. The topological polar surface area (TPSA) is 370 Å². The number of carbonyl (C=O) groups is 2. The molecule has 0 aliphatic carbocycles. The van der Waals surface area contributed by atoms with E-state index in [1.54, 1.807) is 10.9 Å². The number of aliphatic carboxylic acids is 1. The zero-order valence-corrected chi connectivity index (χ0v) is 34.2. The number of carboxylic acid groups (broad SMARTS) is 1. The van der Waals surface area contributed by atoms with Crippen LogP contribution in [0.2, 0.25) is 0 Å². The Morgan fingerprint density at radius 3 is 2.12 bits per heavy atom. The summed E-state index contributed by atoms with van der Waals surface area (Å²) in [6.07, 6.45) is -23.4. The highest BCUT2D eigenvalue weighted by atomic mass is 16.8. The molecule has 3 aromatic rings. The molecule has 0 spiro atoms. The predicted octanol–water partition coefficient (Wildman–Crippen LogP) is -4.19. The Balaban J connectivity index is 1.11. The molecular formula is C40H55N5O19. The van der Waals surface area contributed by atoms with Crippen LogP contribution in [-0.4, -0.2) is 203 Å². The van der Waals surface area contributed by atoms with Crippen molar-refractivity contribution in [1.82, 2.24) is 20.3 Å². The van der Waals surface area contributed by atoms with Crippen molar-refractivity contribution in [2.75, 3.05) is 33.0 Å². The minimum absolute atomic E-state index is 0.0439. The summed E-state index contributed by atoms with van der Waals surface area (Å²) < 4.78 is 40.5. The molecule has 4 heterocycles.